The maximum absolute atomic E-state index is 4.73. The number of likely N-dealkylation sites (N-methyl/N-ethyl adjacent to an activating group) is 1. The minimum Gasteiger partial charge on any atom is -0.317 e. The van der Waals surface area contributed by atoms with Gasteiger partial charge < -0.3 is 5.32 Å². The summed E-state index contributed by atoms with van der Waals surface area (Å²) in [5, 5.41) is 8.20. The van der Waals surface area contributed by atoms with Crippen molar-refractivity contribution in [3.8, 4) is 0 Å². The van der Waals surface area contributed by atoms with Crippen LogP contribution >= 0.6 is 0 Å². The van der Waals surface area contributed by atoms with Crippen molar-refractivity contribution in [2.75, 3.05) is 7.05 Å². The molecule has 1 heterocycles. The summed E-state index contributed by atoms with van der Waals surface area (Å²) in [5.74, 6) is 0.735. The number of aromatic nitrogens is 2. The van der Waals surface area contributed by atoms with Gasteiger partial charge in [0.15, 0.2) is 0 Å². The smallest absolute Gasteiger partial charge is 0.0640 e. The Kier molecular flexibility index (Phi) is 6.92. The summed E-state index contributed by atoms with van der Waals surface area (Å²) in [6.45, 7) is 13.8. The van der Waals surface area contributed by atoms with E-state index in [0.717, 1.165) is 18.8 Å². The minimum absolute atomic E-state index is 0.413. The van der Waals surface area contributed by atoms with Crippen molar-refractivity contribution in [2.45, 2.75) is 79.3 Å². The van der Waals surface area contributed by atoms with E-state index in [9.17, 15) is 0 Å². The molecule has 0 saturated heterocycles. The van der Waals surface area contributed by atoms with Crippen molar-refractivity contribution >= 4 is 0 Å². The molecule has 1 rings (SSSR count). The van der Waals surface area contributed by atoms with E-state index < -0.39 is 0 Å². The Labute approximate surface area is 131 Å². The van der Waals surface area contributed by atoms with E-state index in [1.54, 1.807) is 0 Å². The van der Waals surface area contributed by atoms with Crippen molar-refractivity contribution in [3.63, 3.8) is 0 Å². The molecule has 1 aromatic heterocycles. The first-order valence-electron chi connectivity index (χ1n) is 8.46. The highest BCUT2D eigenvalue weighted by atomic mass is 15.3. The molecular formula is C18H35N3. The van der Waals surface area contributed by atoms with Crippen molar-refractivity contribution in [2.24, 2.45) is 11.3 Å². The lowest BCUT2D eigenvalue weighted by Crippen LogP contribution is -2.30. The summed E-state index contributed by atoms with van der Waals surface area (Å²) >= 11 is 0. The third kappa shape index (κ3) is 6.64. The van der Waals surface area contributed by atoms with E-state index in [1.165, 1.54) is 18.5 Å². The Hall–Kier alpha value is -0.830. The van der Waals surface area contributed by atoms with Gasteiger partial charge >= 0.3 is 0 Å². The van der Waals surface area contributed by atoms with Gasteiger partial charge in [-0.05, 0) is 50.6 Å². The van der Waals surface area contributed by atoms with Crippen LogP contribution in [0.1, 0.15) is 72.5 Å². The maximum Gasteiger partial charge on any atom is 0.0640 e. The number of hydrogen-bond donors (Lipinski definition) is 1. The molecule has 0 aliphatic carbocycles. The van der Waals surface area contributed by atoms with Crippen LogP contribution in [0.15, 0.2) is 12.3 Å². The second kappa shape index (κ2) is 7.98. The fourth-order valence-electron chi connectivity index (χ4n) is 3.09. The zero-order valence-corrected chi connectivity index (χ0v) is 15.1. The highest BCUT2D eigenvalue weighted by molar-refractivity contribution is 5.02. The van der Waals surface area contributed by atoms with Gasteiger partial charge in [-0.2, -0.15) is 5.10 Å². The van der Waals surface area contributed by atoms with Crippen LogP contribution in [-0.4, -0.2) is 22.9 Å². The standard InChI is InChI=1S/C18H35N3/c1-8-15(3)21-10-9-16(20-21)12-17(19-7)11-14(2)13-18(4,5)6/h9-10,14-15,17,19H,8,11-13H2,1-7H3. The van der Waals surface area contributed by atoms with Gasteiger partial charge in [-0.15, -0.1) is 0 Å². The average molecular weight is 293 g/mol. The molecule has 0 aliphatic heterocycles. The van der Waals surface area contributed by atoms with Crippen LogP contribution < -0.4 is 5.32 Å². The van der Waals surface area contributed by atoms with Crippen LogP contribution in [0.3, 0.4) is 0 Å². The Morgan fingerprint density at radius 1 is 1.29 bits per heavy atom. The van der Waals surface area contributed by atoms with Gasteiger partial charge in [-0.25, -0.2) is 0 Å². The third-order valence-electron chi connectivity index (χ3n) is 4.22. The van der Waals surface area contributed by atoms with E-state index in [2.05, 4.69) is 70.9 Å². The average Bonchev–Trinajstić information content (AvgIpc) is 2.83. The molecule has 0 aliphatic rings. The van der Waals surface area contributed by atoms with Gasteiger partial charge in [0.1, 0.15) is 0 Å². The van der Waals surface area contributed by atoms with Gasteiger partial charge in [-0.1, -0.05) is 34.6 Å². The molecule has 0 bridgehead atoms. The molecule has 21 heavy (non-hydrogen) atoms. The molecule has 0 radical (unpaired) electrons. The normalized spacial score (nSPS) is 16.7. The molecule has 1 N–H and O–H groups in total. The molecule has 0 spiro atoms. The SMILES string of the molecule is CCC(C)n1ccc(CC(CC(C)CC(C)(C)C)NC)n1. The lowest BCUT2D eigenvalue weighted by atomic mass is 9.82. The predicted octanol–water partition coefficient (Wildman–Crippen LogP) is 4.45. The van der Waals surface area contributed by atoms with Crippen LogP contribution in [0, 0.1) is 11.3 Å². The van der Waals surface area contributed by atoms with E-state index in [0.29, 0.717) is 17.5 Å². The maximum atomic E-state index is 4.73. The first-order valence-corrected chi connectivity index (χ1v) is 8.46. The zero-order chi connectivity index (χ0) is 16.0. The highest BCUT2D eigenvalue weighted by Gasteiger charge is 2.19. The van der Waals surface area contributed by atoms with Gasteiger partial charge in [0, 0.05) is 24.7 Å². The van der Waals surface area contributed by atoms with E-state index in [4.69, 9.17) is 5.10 Å². The van der Waals surface area contributed by atoms with Crippen LogP contribution in [0.4, 0.5) is 0 Å². The molecule has 0 saturated carbocycles. The molecule has 0 aromatic carbocycles. The Bertz CT molecular complexity index is 403. The zero-order valence-electron chi connectivity index (χ0n) is 15.1. The molecule has 0 amide bonds. The summed E-state index contributed by atoms with van der Waals surface area (Å²) in [6, 6.07) is 3.18. The van der Waals surface area contributed by atoms with Gasteiger partial charge in [0.25, 0.3) is 0 Å². The fraction of sp³-hybridized carbons (Fsp3) is 0.833. The largest absolute Gasteiger partial charge is 0.317 e. The summed E-state index contributed by atoms with van der Waals surface area (Å²) < 4.78 is 2.10. The van der Waals surface area contributed by atoms with Gasteiger partial charge in [0.05, 0.1) is 5.69 Å². The van der Waals surface area contributed by atoms with Crippen LogP contribution in [0.2, 0.25) is 0 Å². The lowest BCUT2D eigenvalue weighted by Gasteiger charge is -2.26. The number of hydrogen-bond acceptors (Lipinski definition) is 2. The summed E-state index contributed by atoms with van der Waals surface area (Å²) in [7, 11) is 2.07. The molecule has 1 aromatic rings. The molecule has 122 valence electrons. The van der Waals surface area contributed by atoms with Crippen LogP contribution in [0.5, 0.6) is 0 Å². The number of nitrogens with zero attached hydrogens (tertiary/aromatic N) is 2. The Balaban J connectivity index is 2.55. The Morgan fingerprint density at radius 2 is 1.95 bits per heavy atom. The fourth-order valence-corrected chi connectivity index (χ4v) is 3.09. The second-order valence-corrected chi connectivity index (χ2v) is 7.84. The van der Waals surface area contributed by atoms with E-state index >= 15 is 0 Å². The molecule has 3 atom stereocenters. The van der Waals surface area contributed by atoms with Crippen molar-refractivity contribution < 1.29 is 0 Å². The summed E-state index contributed by atoms with van der Waals surface area (Å²) in [6.07, 6.45) is 6.75. The molecule has 3 unspecified atom stereocenters. The van der Waals surface area contributed by atoms with E-state index in [-0.39, 0.29) is 0 Å². The molecule has 0 fully saturated rings. The summed E-state index contributed by atoms with van der Waals surface area (Å²) in [5.41, 5.74) is 1.62. The van der Waals surface area contributed by atoms with Crippen molar-refractivity contribution in [1.29, 1.82) is 0 Å². The number of rotatable bonds is 8. The van der Waals surface area contributed by atoms with Crippen molar-refractivity contribution in [1.82, 2.24) is 15.1 Å². The molecule has 3 heteroatoms. The van der Waals surface area contributed by atoms with Crippen LogP contribution in [0.25, 0.3) is 0 Å². The minimum atomic E-state index is 0.413. The predicted molar refractivity (Wildman–Crippen MR) is 91.6 cm³/mol. The topological polar surface area (TPSA) is 29.9 Å². The highest BCUT2D eigenvalue weighted by Crippen LogP contribution is 2.27. The lowest BCUT2D eigenvalue weighted by molar-refractivity contribution is 0.277. The Morgan fingerprint density at radius 3 is 2.48 bits per heavy atom. The first kappa shape index (κ1) is 18.2. The summed E-state index contributed by atoms with van der Waals surface area (Å²) in [4.78, 5) is 0. The second-order valence-electron chi connectivity index (χ2n) is 7.84. The molecular weight excluding hydrogens is 258 g/mol. The van der Waals surface area contributed by atoms with Crippen molar-refractivity contribution in [3.05, 3.63) is 18.0 Å². The quantitative estimate of drug-likeness (QED) is 0.767. The van der Waals surface area contributed by atoms with Gasteiger partial charge in [0.2, 0.25) is 0 Å². The van der Waals surface area contributed by atoms with Gasteiger partial charge in [-0.3, -0.25) is 4.68 Å². The van der Waals surface area contributed by atoms with Crippen LogP contribution in [-0.2, 0) is 6.42 Å². The number of nitrogens with one attached hydrogen (secondary N) is 1. The third-order valence-corrected chi connectivity index (χ3v) is 4.22. The monoisotopic (exact) mass is 293 g/mol. The molecule has 3 nitrogen and oxygen atoms in total. The van der Waals surface area contributed by atoms with E-state index in [1.807, 2.05) is 0 Å². The first-order chi connectivity index (χ1) is 9.75.